The molecule has 0 amide bonds. The number of guanidine groups is 1. The van der Waals surface area contributed by atoms with E-state index in [1.807, 2.05) is 29.2 Å². The van der Waals surface area contributed by atoms with E-state index in [0.717, 1.165) is 41.1 Å². The fourth-order valence-corrected chi connectivity index (χ4v) is 3.27. The summed E-state index contributed by atoms with van der Waals surface area (Å²) in [7, 11) is 1.79. The molecule has 0 radical (unpaired) electrons. The monoisotopic (exact) mass is 512 g/mol. The van der Waals surface area contributed by atoms with Gasteiger partial charge in [0.05, 0.1) is 11.2 Å². The Morgan fingerprint density at radius 1 is 0.967 bits per heavy atom. The molecule has 2 aromatic heterocycles. The highest BCUT2D eigenvalue weighted by molar-refractivity contribution is 14.0. The Kier molecular flexibility index (Phi) is 7.78. The number of para-hydroxylation sites is 1. The van der Waals surface area contributed by atoms with Crippen LogP contribution in [-0.4, -0.2) is 34.3 Å². The first-order valence-corrected chi connectivity index (χ1v) is 9.69. The molecule has 30 heavy (non-hydrogen) atoms. The van der Waals surface area contributed by atoms with E-state index in [2.05, 4.69) is 74.2 Å². The van der Waals surface area contributed by atoms with Crippen LogP contribution in [0.2, 0.25) is 0 Å². The molecule has 0 atom stereocenters. The molecule has 6 nitrogen and oxygen atoms in total. The Morgan fingerprint density at radius 2 is 1.80 bits per heavy atom. The average molecular weight is 512 g/mol. The van der Waals surface area contributed by atoms with Crippen molar-refractivity contribution in [3.8, 4) is 5.69 Å². The zero-order valence-electron chi connectivity index (χ0n) is 16.8. The van der Waals surface area contributed by atoms with Gasteiger partial charge >= 0.3 is 0 Å². The van der Waals surface area contributed by atoms with Crippen LogP contribution < -0.4 is 10.6 Å². The van der Waals surface area contributed by atoms with Gasteiger partial charge < -0.3 is 10.6 Å². The summed E-state index contributed by atoms with van der Waals surface area (Å²) >= 11 is 0. The summed E-state index contributed by atoms with van der Waals surface area (Å²) in [5.74, 6) is 0.783. The predicted molar refractivity (Wildman–Crippen MR) is 133 cm³/mol. The molecule has 2 aromatic carbocycles. The molecule has 0 bridgehead atoms. The molecule has 2 heterocycles. The van der Waals surface area contributed by atoms with E-state index in [4.69, 9.17) is 0 Å². The summed E-state index contributed by atoms with van der Waals surface area (Å²) in [4.78, 5) is 8.83. The first kappa shape index (κ1) is 21.8. The van der Waals surface area contributed by atoms with Crippen molar-refractivity contribution in [1.82, 2.24) is 25.4 Å². The predicted octanol–water partition coefficient (Wildman–Crippen LogP) is 3.95. The van der Waals surface area contributed by atoms with Gasteiger partial charge in [-0.3, -0.25) is 9.98 Å². The van der Waals surface area contributed by atoms with Gasteiger partial charge in [0.2, 0.25) is 0 Å². The number of aliphatic imine (C=N–C) groups is 1. The molecule has 0 saturated heterocycles. The van der Waals surface area contributed by atoms with Crippen molar-refractivity contribution in [2.75, 3.05) is 13.6 Å². The molecule has 0 aliphatic rings. The summed E-state index contributed by atoms with van der Waals surface area (Å²) in [5.41, 5.74) is 4.51. The standard InChI is InChI=1S/C23H24N6.HI/c1-24-23(27-17-20-6-2-5-19-7-3-13-25-22(19)20)26-15-12-18-8-10-21(11-9-18)29-16-4-14-28-29;/h2-11,13-14,16H,12,15,17H2,1H3,(H2,24,26,27);1H. The molecule has 0 unspecified atom stereocenters. The second kappa shape index (κ2) is 10.7. The number of benzene rings is 2. The third-order valence-corrected chi connectivity index (χ3v) is 4.80. The quantitative estimate of drug-likeness (QED) is 0.233. The highest BCUT2D eigenvalue weighted by atomic mass is 127. The molecule has 0 fully saturated rings. The maximum Gasteiger partial charge on any atom is 0.191 e. The van der Waals surface area contributed by atoms with Gasteiger partial charge in [-0.15, -0.1) is 24.0 Å². The van der Waals surface area contributed by atoms with E-state index in [0.29, 0.717) is 6.54 Å². The number of nitrogens with one attached hydrogen (secondary N) is 2. The summed E-state index contributed by atoms with van der Waals surface area (Å²) < 4.78 is 1.86. The average Bonchev–Trinajstić information content (AvgIpc) is 3.31. The largest absolute Gasteiger partial charge is 0.356 e. The zero-order chi connectivity index (χ0) is 19.9. The summed E-state index contributed by atoms with van der Waals surface area (Å²) in [6, 6.07) is 20.6. The van der Waals surface area contributed by atoms with Crippen LogP contribution in [0.25, 0.3) is 16.6 Å². The zero-order valence-corrected chi connectivity index (χ0v) is 19.2. The van der Waals surface area contributed by atoms with Crippen LogP contribution in [0.1, 0.15) is 11.1 Å². The lowest BCUT2D eigenvalue weighted by Crippen LogP contribution is -2.37. The molecule has 7 heteroatoms. The molecule has 0 saturated carbocycles. The third-order valence-electron chi connectivity index (χ3n) is 4.80. The van der Waals surface area contributed by atoms with Gasteiger partial charge in [-0.25, -0.2) is 4.68 Å². The molecule has 2 N–H and O–H groups in total. The van der Waals surface area contributed by atoms with Gasteiger partial charge in [0, 0.05) is 44.1 Å². The van der Waals surface area contributed by atoms with Gasteiger partial charge in [0.25, 0.3) is 0 Å². The number of aromatic nitrogens is 3. The SMILES string of the molecule is CN=C(NCCc1ccc(-n2cccn2)cc1)NCc1cccc2cccnc12.I. The molecule has 4 aromatic rings. The first-order chi connectivity index (χ1) is 14.3. The lowest BCUT2D eigenvalue weighted by Gasteiger charge is -2.13. The molecule has 0 aliphatic heterocycles. The number of nitrogens with zero attached hydrogens (tertiary/aromatic N) is 4. The molecular weight excluding hydrogens is 487 g/mol. The lowest BCUT2D eigenvalue weighted by atomic mass is 10.1. The van der Waals surface area contributed by atoms with Gasteiger partial charge in [-0.05, 0) is 41.8 Å². The smallest absolute Gasteiger partial charge is 0.191 e. The van der Waals surface area contributed by atoms with Crippen LogP contribution >= 0.6 is 24.0 Å². The maximum absolute atomic E-state index is 4.51. The number of halogens is 1. The minimum atomic E-state index is 0. The minimum absolute atomic E-state index is 0. The van der Waals surface area contributed by atoms with Crippen LogP contribution in [-0.2, 0) is 13.0 Å². The van der Waals surface area contributed by atoms with Gasteiger partial charge in [-0.2, -0.15) is 5.10 Å². The van der Waals surface area contributed by atoms with Crippen LogP contribution in [0, 0.1) is 0 Å². The van der Waals surface area contributed by atoms with Crippen LogP contribution in [0.3, 0.4) is 0 Å². The van der Waals surface area contributed by atoms with E-state index < -0.39 is 0 Å². The molecule has 0 spiro atoms. The summed E-state index contributed by atoms with van der Waals surface area (Å²) in [6.07, 6.45) is 6.47. The van der Waals surface area contributed by atoms with E-state index in [1.165, 1.54) is 5.56 Å². The van der Waals surface area contributed by atoms with E-state index in [9.17, 15) is 0 Å². The summed E-state index contributed by atoms with van der Waals surface area (Å²) in [6.45, 7) is 1.47. The van der Waals surface area contributed by atoms with E-state index in [1.54, 1.807) is 13.2 Å². The Morgan fingerprint density at radius 3 is 2.57 bits per heavy atom. The Bertz CT molecular complexity index is 1090. The molecular formula is C23H25IN6. The minimum Gasteiger partial charge on any atom is -0.356 e. The summed E-state index contributed by atoms with van der Waals surface area (Å²) in [5, 5.41) is 12.2. The lowest BCUT2D eigenvalue weighted by molar-refractivity contribution is 0.795. The van der Waals surface area contributed by atoms with Crippen molar-refractivity contribution in [2.45, 2.75) is 13.0 Å². The Hall–Kier alpha value is -2.94. The Balaban J connectivity index is 0.00000256. The molecule has 4 rings (SSSR count). The van der Waals surface area contributed by atoms with Crippen molar-refractivity contribution in [3.05, 3.63) is 90.4 Å². The molecule has 154 valence electrons. The van der Waals surface area contributed by atoms with Crippen molar-refractivity contribution < 1.29 is 0 Å². The van der Waals surface area contributed by atoms with Crippen molar-refractivity contribution >= 4 is 40.8 Å². The van der Waals surface area contributed by atoms with Crippen LogP contribution in [0.4, 0.5) is 0 Å². The number of rotatable bonds is 6. The van der Waals surface area contributed by atoms with Crippen LogP contribution in [0.15, 0.2) is 84.2 Å². The molecule has 0 aliphatic carbocycles. The second-order valence-electron chi connectivity index (χ2n) is 6.71. The van der Waals surface area contributed by atoms with E-state index >= 15 is 0 Å². The second-order valence-corrected chi connectivity index (χ2v) is 6.71. The van der Waals surface area contributed by atoms with Gasteiger partial charge in [0.1, 0.15) is 0 Å². The number of fused-ring (bicyclic) bond motifs is 1. The third kappa shape index (κ3) is 5.35. The normalized spacial score (nSPS) is 11.2. The van der Waals surface area contributed by atoms with Crippen molar-refractivity contribution in [1.29, 1.82) is 0 Å². The van der Waals surface area contributed by atoms with Crippen molar-refractivity contribution in [2.24, 2.45) is 4.99 Å². The number of hydrogen-bond donors (Lipinski definition) is 2. The van der Waals surface area contributed by atoms with Crippen LogP contribution in [0.5, 0.6) is 0 Å². The highest BCUT2D eigenvalue weighted by Crippen LogP contribution is 2.15. The number of hydrogen-bond acceptors (Lipinski definition) is 3. The van der Waals surface area contributed by atoms with Crippen molar-refractivity contribution in [3.63, 3.8) is 0 Å². The Labute approximate surface area is 193 Å². The van der Waals surface area contributed by atoms with Gasteiger partial charge in [-0.1, -0.05) is 36.4 Å². The topological polar surface area (TPSA) is 67.1 Å². The van der Waals surface area contributed by atoms with Gasteiger partial charge in [0.15, 0.2) is 5.96 Å². The van der Waals surface area contributed by atoms with E-state index in [-0.39, 0.29) is 24.0 Å². The highest BCUT2D eigenvalue weighted by Gasteiger charge is 2.04. The number of pyridine rings is 1. The maximum atomic E-state index is 4.51. The fraction of sp³-hybridized carbons (Fsp3) is 0.174. The fourth-order valence-electron chi connectivity index (χ4n) is 3.27. The first-order valence-electron chi connectivity index (χ1n) is 9.69.